The molecule has 0 heterocycles. The van der Waals surface area contributed by atoms with E-state index >= 15 is 0 Å². The van der Waals surface area contributed by atoms with E-state index in [4.69, 9.17) is 9.84 Å². The molecule has 1 saturated carbocycles. The first-order valence-corrected chi connectivity index (χ1v) is 6.66. The predicted molar refractivity (Wildman–Crippen MR) is 66.4 cm³/mol. The van der Waals surface area contributed by atoms with Crippen LogP contribution in [-0.2, 0) is 14.3 Å². The Morgan fingerprint density at radius 3 is 2.58 bits per heavy atom. The van der Waals surface area contributed by atoms with Gasteiger partial charge in [0.25, 0.3) is 0 Å². The molecule has 1 unspecified atom stereocenters. The minimum Gasteiger partial charge on any atom is -0.481 e. The van der Waals surface area contributed by atoms with Crippen molar-refractivity contribution in [3.63, 3.8) is 0 Å². The number of aliphatic carboxylic acids is 1. The van der Waals surface area contributed by atoms with E-state index in [2.05, 4.69) is 0 Å². The van der Waals surface area contributed by atoms with Crippen molar-refractivity contribution in [1.82, 2.24) is 0 Å². The van der Waals surface area contributed by atoms with E-state index in [1.54, 1.807) is 6.92 Å². The topological polar surface area (TPSA) is 104 Å². The number of aliphatic hydroxyl groups excluding tert-OH is 1. The van der Waals surface area contributed by atoms with Gasteiger partial charge in [-0.05, 0) is 39.0 Å². The second-order valence-electron chi connectivity index (χ2n) is 5.10. The van der Waals surface area contributed by atoms with Gasteiger partial charge in [-0.25, -0.2) is 0 Å². The lowest BCUT2D eigenvalue weighted by atomic mass is 9.70. The fourth-order valence-electron chi connectivity index (χ4n) is 2.71. The quantitative estimate of drug-likeness (QED) is 0.611. The zero-order valence-electron chi connectivity index (χ0n) is 11.2. The summed E-state index contributed by atoms with van der Waals surface area (Å²) in [7, 11) is 0. The van der Waals surface area contributed by atoms with Crippen LogP contribution in [0.15, 0.2) is 0 Å². The van der Waals surface area contributed by atoms with Crippen LogP contribution >= 0.6 is 0 Å². The monoisotopic (exact) mass is 274 g/mol. The minimum absolute atomic E-state index is 0.0335. The molecule has 0 amide bonds. The second-order valence-corrected chi connectivity index (χ2v) is 5.10. The summed E-state index contributed by atoms with van der Waals surface area (Å²) in [6.45, 7) is 1.85. The summed E-state index contributed by atoms with van der Waals surface area (Å²) in [4.78, 5) is 23.0. The molecule has 6 heteroatoms. The number of hydrogen-bond acceptors (Lipinski definition) is 5. The second kappa shape index (κ2) is 6.86. The molecule has 3 atom stereocenters. The Hall–Kier alpha value is -1.14. The standard InChI is InChI=1S/C13H22O6/c1-2-19-12(17)9-4-6-13(18,5-3-7-14)8-10(9)11(15)16/h9-10,14,18H,2-8H2,1H3,(H,15,16)/t9-,10-,13?/m0/s1. The summed E-state index contributed by atoms with van der Waals surface area (Å²) in [5.41, 5.74) is -1.10. The lowest BCUT2D eigenvalue weighted by molar-refractivity contribution is -0.165. The smallest absolute Gasteiger partial charge is 0.309 e. The van der Waals surface area contributed by atoms with Crippen LogP contribution in [0.25, 0.3) is 0 Å². The number of aliphatic hydroxyl groups is 2. The Labute approximate surface area is 112 Å². The molecule has 110 valence electrons. The molecule has 1 aliphatic rings. The van der Waals surface area contributed by atoms with Gasteiger partial charge in [0.1, 0.15) is 0 Å². The van der Waals surface area contributed by atoms with Crippen LogP contribution in [0.1, 0.15) is 39.0 Å². The van der Waals surface area contributed by atoms with E-state index in [1.807, 2.05) is 0 Å². The first kappa shape index (κ1) is 15.9. The van der Waals surface area contributed by atoms with Gasteiger partial charge in [0.05, 0.1) is 24.0 Å². The highest BCUT2D eigenvalue weighted by Gasteiger charge is 2.45. The third-order valence-corrected chi connectivity index (χ3v) is 3.71. The fraction of sp³-hybridized carbons (Fsp3) is 0.846. The van der Waals surface area contributed by atoms with Gasteiger partial charge >= 0.3 is 11.9 Å². The number of rotatable bonds is 6. The number of ether oxygens (including phenoxy) is 1. The maximum atomic E-state index is 11.7. The minimum atomic E-state index is -1.10. The van der Waals surface area contributed by atoms with Gasteiger partial charge in [0.2, 0.25) is 0 Å². The lowest BCUT2D eigenvalue weighted by Gasteiger charge is -2.38. The van der Waals surface area contributed by atoms with Crippen LogP contribution in [0, 0.1) is 11.8 Å². The third-order valence-electron chi connectivity index (χ3n) is 3.71. The molecule has 0 spiro atoms. The van der Waals surface area contributed by atoms with Gasteiger partial charge in [-0.3, -0.25) is 9.59 Å². The zero-order chi connectivity index (χ0) is 14.5. The van der Waals surface area contributed by atoms with Crippen LogP contribution in [0.5, 0.6) is 0 Å². The molecule has 19 heavy (non-hydrogen) atoms. The fourth-order valence-corrected chi connectivity index (χ4v) is 2.71. The van der Waals surface area contributed by atoms with Crippen LogP contribution in [-0.4, -0.2) is 46.1 Å². The molecule has 0 radical (unpaired) electrons. The van der Waals surface area contributed by atoms with E-state index < -0.39 is 29.4 Å². The van der Waals surface area contributed by atoms with E-state index in [0.29, 0.717) is 25.7 Å². The SMILES string of the molecule is CCOC(=O)[C@H]1CCC(O)(CCCO)C[C@@H]1C(=O)O. The predicted octanol–water partition coefficient (Wildman–Crippen LogP) is 0.554. The molecule has 1 rings (SSSR count). The summed E-state index contributed by atoms with van der Waals surface area (Å²) in [5, 5.41) is 28.3. The first-order valence-electron chi connectivity index (χ1n) is 6.66. The van der Waals surface area contributed by atoms with Crippen molar-refractivity contribution in [3.8, 4) is 0 Å². The highest BCUT2D eigenvalue weighted by atomic mass is 16.5. The van der Waals surface area contributed by atoms with Crippen molar-refractivity contribution in [2.24, 2.45) is 11.8 Å². The molecule has 0 saturated heterocycles. The lowest BCUT2D eigenvalue weighted by Crippen LogP contribution is -2.45. The number of carbonyl (C=O) groups is 2. The van der Waals surface area contributed by atoms with E-state index in [0.717, 1.165) is 0 Å². The molecule has 0 aliphatic heterocycles. The van der Waals surface area contributed by atoms with Gasteiger partial charge in [0.15, 0.2) is 0 Å². The number of carbonyl (C=O) groups excluding carboxylic acids is 1. The van der Waals surface area contributed by atoms with Crippen LogP contribution in [0.2, 0.25) is 0 Å². The largest absolute Gasteiger partial charge is 0.481 e. The van der Waals surface area contributed by atoms with Crippen LogP contribution < -0.4 is 0 Å². The average molecular weight is 274 g/mol. The Bertz CT molecular complexity index is 329. The van der Waals surface area contributed by atoms with Gasteiger partial charge in [0, 0.05) is 6.61 Å². The van der Waals surface area contributed by atoms with Crippen molar-refractivity contribution in [2.75, 3.05) is 13.2 Å². The maximum absolute atomic E-state index is 11.7. The highest BCUT2D eigenvalue weighted by Crippen LogP contribution is 2.39. The number of carboxylic acid groups (broad SMARTS) is 1. The molecule has 0 aromatic rings. The number of hydrogen-bond donors (Lipinski definition) is 3. The summed E-state index contributed by atoms with van der Waals surface area (Å²) in [5.74, 6) is -3.19. The van der Waals surface area contributed by atoms with Crippen molar-refractivity contribution < 1.29 is 29.6 Å². The highest BCUT2D eigenvalue weighted by molar-refractivity contribution is 5.81. The molecule has 0 aromatic carbocycles. The summed E-state index contributed by atoms with van der Waals surface area (Å²) in [6.07, 6.45) is 1.47. The summed E-state index contributed by atoms with van der Waals surface area (Å²) in [6, 6.07) is 0. The third kappa shape index (κ3) is 4.18. The average Bonchev–Trinajstić information content (AvgIpc) is 2.36. The maximum Gasteiger partial charge on any atom is 0.309 e. The Morgan fingerprint density at radius 2 is 2.05 bits per heavy atom. The molecular weight excluding hydrogens is 252 g/mol. The van der Waals surface area contributed by atoms with E-state index in [-0.39, 0.29) is 19.6 Å². The van der Waals surface area contributed by atoms with Crippen molar-refractivity contribution >= 4 is 11.9 Å². The Kier molecular flexibility index (Phi) is 5.75. The molecule has 3 N–H and O–H groups in total. The molecule has 6 nitrogen and oxygen atoms in total. The normalized spacial score (nSPS) is 30.9. The zero-order valence-corrected chi connectivity index (χ0v) is 11.2. The first-order chi connectivity index (χ1) is 8.93. The Balaban J connectivity index is 2.74. The van der Waals surface area contributed by atoms with E-state index in [1.165, 1.54) is 0 Å². The molecule has 0 aromatic heterocycles. The van der Waals surface area contributed by atoms with Gasteiger partial charge in [-0.15, -0.1) is 0 Å². The molecule has 0 bridgehead atoms. The summed E-state index contributed by atoms with van der Waals surface area (Å²) >= 11 is 0. The van der Waals surface area contributed by atoms with Gasteiger partial charge in [-0.1, -0.05) is 0 Å². The van der Waals surface area contributed by atoms with Crippen molar-refractivity contribution in [2.45, 2.75) is 44.6 Å². The van der Waals surface area contributed by atoms with Crippen LogP contribution in [0.3, 0.4) is 0 Å². The van der Waals surface area contributed by atoms with Gasteiger partial charge in [-0.2, -0.15) is 0 Å². The van der Waals surface area contributed by atoms with Crippen LogP contribution in [0.4, 0.5) is 0 Å². The summed E-state index contributed by atoms with van der Waals surface area (Å²) < 4.78 is 4.89. The molecule has 1 aliphatic carbocycles. The van der Waals surface area contributed by atoms with Crippen molar-refractivity contribution in [3.05, 3.63) is 0 Å². The molecule has 1 fully saturated rings. The van der Waals surface area contributed by atoms with E-state index in [9.17, 15) is 19.8 Å². The number of carboxylic acids is 1. The van der Waals surface area contributed by atoms with Gasteiger partial charge < -0.3 is 20.1 Å². The molecular formula is C13H22O6. The number of esters is 1. The van der Waals surface area contributed by atoms with Crippen molar-refractivity contribution in [1.29, 1.82) is 0 Å². The Morgan fingerprint density at radius 1 is 1.37 bits per heavy atom.